The van der Waals surface area contributed by atoms with Gasteiger partial charge in [0.2, 0.25) is 0 Å². The molecule has 3 heteroatoms. The van der Waals surface area contributed by atoms with E-state index in [2.05, 4.69) is 22.0 Å². The summed E-state index contributed by atoms with van der Waals surface area (Å²) >= 11 is 0. The molecule has 0 amide bonds. The molecule has 2 heterocycles. The van der Waals surface area contributed by atoms with Crippen molar-refractivity contribution in [1.82, 2.24) is 4.98 Å². The molecule has 0 atom stereocenters. The molecule has 3 nitrogen and oxygen atoms in total. The number of anilines is 2. The maximum Gasteiger partial charge on any atom is 0.128 e. The standard InChI is InChI=1S/C15H17N3/c16-14-6-3-12(4-7-14)13-5-8-15(17-11-13)18-9-1-2-10-18/h3-8,11H,1-2,9-10,16H2. The second-order valence-corrected chi connectivity index (χ2v) is 4.72. The van der Waals surface area contributed by atoms with Gasteiger partial charge in [0.05, 0.1) is 0 Å². The Morgan fingerprint density at radius 3 is 2.17 bits per heavy atom. The van der Waals surface area contributed by atoms with Gasteiger partial charge in [-0.3, -0.25) is 0 Å². The first kappa shape index (κ1) is 11.1. The number of hydrogen-bond acceptors (Lipinski definition) is 3. The number of nitrogens with zero attached hydrogens (tertiary/aromatic N) is 2. The zero-order chi connectivity index (χ0) is 12.4. The molecule has 0 aliphatic carbocycles. The minimum absolute atomic E-state index is 0.792. The molecular weight excluding hydrogens is 222 g/mol. The molecule has 2 N–H and O–H groups in total. The van der Waals surface area contributed by atoms with Crippen LogP contribution in [0.5, 0.6) is 0 Å². The molecule has 3 rings (SSSR count). The third-order valence-electron chi connectivity index (χ3n) is 3.42. The van der Waals surface area contributed by atoms with Crippen molar-refractivity contribution >= 4 is 11.5 Å². The molecule has 0 saturated carbocycles. The molecule has 0 unspecified atom stereocenters. The van der Waals surface area contributed by atoms with E-state index in [1.54, 1.807) is 0 Å². The first-order chi connectivity index (χ1) is 8.83. The van der Waals surface area contributed by atoms with Crippen LogP contribution in [-0.2, 0) is 0 Å². The van der Waals surface area contributed by atoms with Crippen molar-refractivity contribution in [2.24, 2.45) is 0 Å². The normalized spacial score (nSPS) is 15.0. The Labute approximate surface area is 107 Å². The lowest BCUT2D eigenvalue weighted by Crippen LogP contribution is -2.18. The molecule has 1 aromatic carbocycles. The van der Waals surface area contributed by atoms with Crippen LogP contribution < -0.4 is 10.6 Å². The molecule has 1 aromatic heterocycles. The smallest absolute Gasteiger partial charge is 0.128 e. The van der Waals surface area contributed by atoms with Crippen molar-refractivity contribution in [3.05, 3.63) is 42.6 Å². The topological polar surface area (TPSA) is 42.1 Å². The first-order valence-electron chi connectivity index (χ1n) is 6.40. The maximum absolute atomic E-state index is 5.69. The minimum atomic E-state index is 0.792. The van der Waals surface area contributed by atoms with E-state index in [0.29, 0.717) is 0 Å². The summed E-state index contributed by atoms with van der Waals surface area (Å²) in [5.74, 6) is 1.09. The van der Waals surface area contributed by atoms with Crippen LogP contribution in [0.15, 0.2) is 42.6 Å². The number of rotatable bonds is 2. The van der Waals surface area contributed by atoms with Crippen LogP contribution in [0.3, 0.4) is 0 Å². The average Bonchev–Trinajstić information content (AvgIpc) is 2.94. The Morgan fingerprint density at radius 1 is 0.889 bits per heavy atom. The van der Waals surface area contributed by atoms with E-state index in [1.165, 1.54) is 12.8 Å². The molecule has 1 saturated heterocycles. The van der Waals surface area contributed by atoms with Gasteiger partial charge >= 0.3 is 0 Å². The first-order valence-corrected chi connectivity index (χ1v) is 6.40. The quantitative estimate of drug-likeness (QED) is 0.819. The summed E-state index contributed by atoms with van der Waals surface area (Å²) in [4.78, 5) is 6.89. The van der Waals surface area contributed by atoms with E-state index >= 15 is 0 Å². The highest BCUT2D eigenvalue weighted by Crippen LogP contribution is 2.23. The Kier molecular flexibility index (Phi) is 2.89. The summed E-state index contributed by atoms with van der Waals surface area (Å²) in [5.41, 5.74) is 8.78. The van der Waals surface area contributed by atoms with E-state index < -0.39 is 0 Å². The highest BCUT2D eigenvalue weighted by molar-refractivity contribution is 5.65. The highest BCUT2D eigenvalue weighted by Gasteiger charge is 2.12. The van der Waals surface area contributed by atoms with Crippen molar-refractivity contribution in [2.75, 3.05) is 23.7 Å². The zero-order valence-corrected chi connectivity index (χ0v) is 10.3. The van der Waals surface area contributed by atoms with Gasteiger partial charge in [0.1, 0.15) is 5.82 Å². The highest BCUT2D eigenvalue weighted by atomic mass is 15.2. The van der Waals surface area contributed by atoms with E-state index in [0.717, 1.165) is 35.7 Å². The molecule has 2 aromatic rings. The lowest BCUT2D eigenvalue weighted by Gasteiger charge is -2.16. The fourth-order valence-corrected chi connectivity index (χ4v) is 2.37. The number of aromatic nitrogens is 1. The monoisotopic (exact) mass is 239 g/mol. The van der Waals surface area contributed by atoms with Crippen LogP contribution in [0.25, 0.3) is 11.1 Å². The maximum atomic E-state index is 5.69. The summed E-state index contributed by atoms with van der Waals surface area (Å²) < 4.78 is 0. The number of benzene rings is 1. The van der Waals surface area contributed by atoms with Crippen molar-refractivity contribution < 1.29 is 0 Å². The molecule has 0 spiro atoms. The molecule has 1 aliphatic heterocycles. The van der Waals surface area contributed by atoms with Crippen LogP contribution in [0, 0.1) is 0 Å². The Bertz CT molecular complexity index is 510. The third-order valence-corrected chi connectivity index (χ3v) is 3.42. The van der Waals surface area contributed by atoms with Crippen LogP contribution in [-0.4, -0.2) is 18.1 Å². The molecule has 1 aliphatic rings. The van der Waals surface area contributed by atoms with E-state index in [1.807, 2.05) is 30.5 Å². The lowest BCUT2D eigenvalue weighted by molar-refractivity contribution is 0.938. The molecule has 0 bridgehead atoms. The Hall–Kier alpha value is -2.03. The van der Waals surface area contributed by atoms with Gasteiger partial charge in [0, 0.05) is 30.5 Å². The summed E-state index contributed by atoms with van der Waals surface area (Å²) in [6.45, 7) is 2.27. The predicted octanol–water partition coefficient (Wildman–Crippen LogP) is 2.93. The van der Waals surface area contributed by atoms with Gasteiger partial charge in [-0.15, -0.1) is 0 Å². The SMILES string of the molecule is Nc1ccc(-c2ccc(N3CCCC3)nc2)cc1. The van der Waals surface area contributed by atoms with Gasteiger partial charge in [-0.2, -0.15) is 0 Å². The van der Waals surface area contributed by atoms with E-state index in [4.69, 9.17) is 5.73 Å². The third kappa shape index (κ3) is 2.16. The van der Waals surface area contributed by atoms with Gasteiger partial charge in [-0.25, -0.2) is 4.98 Å². The zero-order valence-electron chi connectivity index (χ0n) is 10.3. The number of nitrogens with two attached hydrogens (primary N) is 1. The van der Waals surface area contributed by atoms with E-state index in [9.17, 15) is 0 Å². The van der Waals surface area contributed by atoms with Gasteiger partial charge in [-0.05, 0) is 42.7 Å². The average molecular weight is 239 g/mol. The van der Waals surface area contributed by atoms with Crippen molar-refractivity contribution in [3.63, 3.8) is 0 Å². The van der Waals surface area contributed by atoms with Crippen LogP contribution >= 0.6 is 0 Å². The predicted molar refractivity (Wildman–Crippen MR) is 75.5 cm³/mol. The van der Waals surface area contributed by atoms with Crippen molar-refractivity contribution in [3.8, 4) is 11.1 Å². The molecule has 92 valence electrons. The van der Waals surface area contributed by atoms with Gasteiger partial charge in [-0.1, -0.05) is 12.1 Å². The second-order valence-electron chi connectivity index (χ2n) is 4.72. The molecular formula is C15H17N3. The lowest BCUT2D eigenvalue weighted by atomic mass is 10.1. The second kappa shape index (κ2) is 4.69. The fraction of sp³-hybridized carbons (Fsp3) is 0.267. The largest absolute Gasteiger partial charge is 0.399 e. The number of hydrogen-bond donors (Lipinski definition) is 1. The van der Waals surface area contributed by atoms with Crippen molar-refractivity contribution in [2.45, 2.75) is 12.8 Å². The number of nitrogen functional groups attached to an aromatic ring is 1. The van der Waals surface area contributed by atoms with Gasteiger partial charge < -0.3 is 10.6 Å². The summed E-state index contributed by atoms with van der Waals surface area (Å²) in [6.07, 6.45) is 4.50. The Balaban J connectivity index is 1.84. The number of pyridine rings is 1. The minimum Gasteiger partial charge on any atom is -0.399 e. The summed E-state index contributed by atoms with van der Waals surface area (Å²) in [6, 6.07) is 12.1. The fourth-order valence-electron chi connectivity index (χ4n) is 2.37. The molecule has 18 heavy (non-hydrogen) atoms. The molecule has 0 radical (unpaired) electrons. The Morgan fingerprint density at radius 2 is 1.56 bits per heavy atom. The molecule has 1 fully saturated rings. The van der Waals surface area contributed by atoms with Gasteiger partial charge in [0.25, 0.3) is 0 Å². The van der Waals surface area contributed by atoms with Crippen LogP contribution in [0.1, 0.15) is 12.8 Å². The van der Waals surface area contributed by atoms with E-state index in [-0.39, 0.29) is 0 Å². The van der Waals surface area contributed by atoms with Gasteiger partial charge in [0.15, 0.2) is 0 Å². The van der Waals surface area contributed by atoms with Crippen molar-refractivity contribution in [1.29, 1.82) is 0 Å². The summed E-state index contributed by atoms with van der Waals surface area (Å²) in [5, 5.41) is 0. The van der Waals surface area contributed by atoms with Crippen LogP contribution in [0.4, 0.5) is 11.5 Å². The van der Waals surface area contributed by atoms with Crippen LogP contribution in [0.2, 0.25) is 0 Å². The summed E-state index contributed by atoms with van der Waals surface area (Å²) in [7, 11) is 0.